The van der Waals surface area contributed by atoms with Gasteiger partial charge in [-0.05, 0) is 0 Å². The second-order valence-corrected chi connectivity index (χ2v) is 11.6. The molecule has 0 spiro atoms. The van der Waals surface area contributed by atoms with E-state index in [-0.39, 0.29) is 0 Å². The summed E-state index contributed by atoms with van der Waals surface area (Å²) in [6.07, 6.45) is 6.91. The van der Waals surface area contributed by atoms with Gasteiger partial charge in [-0.3, -0.25) is 4.55 Å². The number of hydrogen-bond acceptors (Lipinski definition) is 4. The fraction of sp³-hybridized carbons (Fsp3) is 0.190. The molecule has 3 aromatic rings. The molecule has 1 aromatic heterocycles. The van der Waals surface area contributed by atoms with Gasteiger partial charge in [0.15, 0.2) is 0 Å². The molecule has 1 aliphatic rings. The monoisotopic (exact) mass is 558 g/mol. The van der Waals surface area contributed by atoms with Crippen LogP contribution in [0.1, 0.15) is 18.4 Å². The van der Waals surface area contributed by atoms with E-state index in [1.807, 2.05) is 0 Å². The van der Waals surface area contributed by atoms with Crippen LogP contribution in [0.3, 0.4) is 0 Å². The van der Waals surface area contributed by atoms with Crippen molar-refractivity contribution in [2.24, 2.45) is 0 Å². The maximum absolute atomic E-state index is 8.63. The molecule has 0 fully saturated rings. The number of hydrogen-bond donors (Lipinski definition) is 1. The smallest absolute Gasteiger partial charge is 0.215 e. The van der Waals surface area contributed by atoms with Crippen LogP contribution in [0.5, 0.6) is 0 Å². The van der Waals surface area contributed by atoms with E-state index >= 15 is 0 Å². The number of rotatable bonds is 4. The van der Waals surface area contributed by atoms with Gasteiger partial charge >= 0.3 is 162 Å². The number of anilines is 1. The van der Waals surface area contributed by atoms with Crippen LogP contribution in [0.15, 0.2) is 65.3 Å². The largest absolute Gasteiger partial charge is 0.726 e. The van der Waals surface area contributed by atoms with Gasteiger partial charge in [-0.15, -0.1) is 0 Å². The van der Waals surface area contributed by atoms with Crippen LogP contribution in [0.25, 0.3) is 15.9 Å². The minimum absolute atomic E-state index is 0.413. The molecule has 0 atom stereocenters. The van der Waals surface area contributed by atoms with Crippen LogP contribution in [-0.4, -0.2) is 53.5 Å². The van der Waals surface area contributed by atoms with Gasteiger partial charge in [0.05, 0.1) is 0 Å². The number of aryl methyl sites for hydroxylation is 1. The van der Waals surface area contributed by atoms with E-state index in [0.29, 0.717) is 29.5 Å². The Hall–Kier alpha value is -1.70. The summed E-state index contributed by atoms with van der Waals surface area (Å²) < 4.78 is 41.2. The van der Waals surface area contributed by atoms with E-state index in [4.69, 9.17) is 17.5 Å². The molecule has 0 saturated heterocycles. The van der Waals surface area contributed by atoms with Crippen molar-refractivity contribution >= 4 is 65.9 Å². The first kappa shape index (κ1) is 23.0. The zero-order valence-corrected chi connectivity index (χ0v) is 20.8. The molecule has 1 N–H and O–H groups in total. The molecule has 2 heterocycles. The third-order valence-electron chi connectivity index (χ3n) is 4.38. The SMILES string of the molecule is CCN1/C(=C/C=C/c2[se]c3ccccc3[n+]2CC)[Se]c2ccccc21.O=S(=O)([O-])O. The molecule has 30 heavy (non-hydrogen) atoms. The van der Waals surface area contributed by atoms with E-state index in [2.05, 4.69) is 90.1 Å². The number of aromatic nitrogens is 1. The van der Waals surface area contributed by atoms with Crippen molar-refractivity contribution in [3.8, 4) is 0 Å². The van der Waals surface area contributed by atoms with Gasteiger partial charge in [-0.1, -0.05) is 0 Å². The Labute approximate surface area is 189 Å². The van der Waals surface area contributed by atoms with E-state index in [1.165, 1.54) is 29.1 Å². The van der Waals surface area contributed by atoms with Gasteiger partial charge < -0.3 is 4.55 Å². The second-order valence-electron chi connectivity index (χ2n) is 6.26. The predicted molar refractivity (Wildman–Crippen MR) is 121 cm³/mol. The molecule has 4 rings (SSSR count). The first-order valence-electron chi connectivity index (χ1n) is 9.34. The molecule has 0 unspecified atom stereocenters. The van der Waals surface area contributed by atoms with Crippen LogP contribution in [0.2, 0.25) is 0 Å². The predicted octanol–water partition coefficient (Wildman–Crippen LogP) is 1.93. The molecule has 0 aliphatic carbocycles. The maximum atomic E-state index is 8.63. The third-order valence-corrected chi connectivity index (χ3v) is 9.13. The van der Waals surface area contributed by atoms with E-state index < -0.39 is 10.4 Å². The first-order chi connectivity index (χ1) is 14.3. The normalized spacial score (nSPS) is 14.9. The molecule has 9 heteroatoms. The fourth-order valence-electron chi connectivity index (χ4n) is 3.22. The summed E-state index contributed by atoms with van der Waals surface area (Å²) in [4.78, 5) is 2.45. The minimum atomic E-state index is -4.92. The zero-order chi connectivity index (χ0) is 21.7. The Balaban J connectivity index is 0.000000461. The molecule has 2 aromatic carbocycles. The molecule has 0 radical (unpaired) electrons. The third kappa shape index (κ3) is 5.71. The van der Waals surface area contributed by atoms with E-state index in [1.54, 1.807) is 0 Å². The van der Waals surface area contributed by atoms with Crippen LogP contribution in [0, 0.1) is 0 Å². The van der Waals surface area contributed by atoms with Crippen molar-refractivity contribution in [3.05, 3.63) is 69.8 Å². The van der Waals surface area contributed by atoms with Crippen molar-refractivity contribution in [2.75, 3.05) is 11.4 Å². The van der Waals surface area contributed by atoms with Crippen molar-refractivity contribution in [1.82, 2.24) is 0 Å². The molecule has 6 nitrogen and oxygen atoms in total. The summed E-state index contributed by atoms with van der Waals surface area (Å²) in [5, 5.41) is 0. The fourth-order valence-corrected chi connectivity index (χ4v) is 8.00. The molecular weight excluding hydrogens is 534 g/mol. The molecule has 0 amide bonds. The van der Waals surface area contributed by atoms with E-state index in [0.717, 1.165) is 13.1 Å². The minimum Gasteiger partial charge on any atom is -0.726 e. The Morgan fingerprint density at radius 2 is 1.80 bits per heavy atom. The van der Waals surface area contributed by atoms with Gasteiger partial charge in [-0.25, -0.2) is 8.42 Å². The maximum Gasteiger partial charge on any atom is 0.215 e. The summed E-state index contributed by atoms with van der Waals surface area (Å²) in [6.45, 7) is 6.54. The Morgan fingerprint density at radius 1 is 1.13 bits per heavy atom. The van der Waals surface area contributed by atoms with Crippen LogP contribution < -0.4 is 13.9 Å². The standard InChI is InChI=1S/C21H21N2Se2.H2O4S/c1-3-22-16-10-5-7-12-18(16)24-20(22)14-9-15-21-23(4-2)17-11-6-8-13-19(17)25-21;1-5(2,3)4/h5-15H,3-4H2,1-2H3;(H2,1,2,3,4)/q+1;/p-1. The number of para-hydroxylation sites is 2. The van der Waals surface area contributed by atoms with Gasteiger partial charge in [0.1, 0.15) is 0 Å². The average molecular weight is 556 g/mol. The van der Waals surface area contributed by atoms with Gasteiger partial charge in [0, 0.05) is 0 Å². The van der Waals surface area contributed by atoms with Crippen molar-refractivity contribution in [3.63, 3.8) is 0 Å². The zero-order valence-electron chi connectivity index (χ0n) is 16.6. The van der Waals surface area contributed by atoms with Crippen molar-refractivity contribution in [1.29, 1.82) is 0 Å². The topological polar surface area (TPSA) is 84.6 Å². The quantitative estimate of drug-likeness (QED) is 0.230. The number of benzene rings is 2. The molecular formula is C21H22N2O4SSe2. The van der Waals surface area contributed by atoms with Crippen LogP contribution in [0.4, 0.5) is 5.69 Å². The van der Waals surface area contributed by atoms with Crippen LogP contribution >= 0.6 is 0 Å². The second kappa shape index (κ2) is 10.1. The molecule has 0 saturated carbocycles. The Kier molecular flexibility index (Phi) is 7.71. The molecule has 158 valence electrons. The Morgan fingerprint density at radius 3 is 2.50 bits per heavy atom. The van der Waals surface area contributed by atoms with E-state index in [9.17, 15) is 0 Å². The summed E-state index contributed by atoms with van der Waals surface area (Å²) in [7, 11) is -4.92. The Bertz CT molecular complexity index is 1190. The summed E-state index contributed by atoms with van der Waals surface area (Å²) in [5.41, 5.74) is 2.79. The average Bonchev–Trinajstić information content (AvgIpc) is 3.23. The molecule has 0 bridgehead atoms. The first-order valence-corrected chi connectivity index (χ1v) is 14.1. The van der Waals surface area contributed by atoms with Gasteiger partial charge in [0.2, 0.25) is 10.4 Å². The summed E-state index contributed by atoms with van der Waals surface area (Å²) in [5.74, 6) is 0. The van der Waals surface area contributed by atoms with Gasteiger partial charge in [-0.2, -0.15) is 0 Å². The summed E-state index contributed by atoms with van der Waals surface area (Å²) >= 11 is 0.825. The van der Waals surface area contributed by atoms with Crippen molar-refractivity contribution < 1.29 is 22.1 Å². The number of allylic oxidation sites excluding steroid dienone is 2. The number of fused-ring (bicyclic) bond motifs is 2. The number of nitrogens with zero attached hydrogens (tertiary/aromatic N) is 2. The molecule has 1 aliphatic heterocycles. The van der Waals surface area contributed by atoms with Gasteiger partial charge in [0.25, 0.3) is 0 Å². The van der Waals surface area contributed by atoms with Crippen LogP contribution in [-0.2, 0) is 16.9 Å². The summed E-state index contributed by atoms with van der Waals surface area (Å²) in [6, 6.07) is 17.6. The van der Waals surface area contributed by atoms with Crippen molar-refractivity contribution in [2.45, 2.75) is 20.4 Å².